The normalized spacial score (nSPS) is 17.0. The fourth-order valence-corrected chi connectivity index (χ4v) is 3.07. The second kappa shape index (κ2) is 8.35. The van der Waals surface area contributed by atoms with E-state index in [0.29, 0.717) is 18.8 Å². The molecule has 3 rings (SSSR count). The van der Waals surface area contributed by atoms with Gasteiger partial charge in [-0.2, -0.15) is 0 Å². The molecule has 2 aromatic rings. The van der Waals surface area contributed by atoms with E-state index in [0.717, 1.165) is 12.8 Å². The molecule has 1 aliphatic rings. The van der Waals surface area contributed by atoms with Crippen molar-refractivity contribution in [3.8, 4) is 5.75 Å². The monoisotopic (exact) mass is 366 g/mol. The highest BCUT2D eigenvalue weighted by Gasteiger charge is 2.25. The Hall–Kier alpha value is -3.35. The van der Waals surface area contributed by atoms with Crippen LogP contribution in [0.4, 0.5) is 16.2 Å². The van der Waals surface area contributed by atoms with E-state index in [1.54, 1.807) is 41.4 Å². The smallest absolute Gasteiger partial charge is 0.345 e. The standard InChI is InChI=1S/C20H22N4O3/c21-17-10-4-9-16(18(17)25)19(26)24-11-5-6-14(13-24)12-22-20(27)23-15-7-2-1-3-8-15/h1-4,7-10,12,14,25H,5-6,11,13,21H2,(H,23,27). The average molecular weight is 366 g/mol. The third kappa shape index (κ3) is 4.63. The molecule has 1 saturated heterocycles. The first-order chi connectivity index (χ1) is 13.0. The number of nitrogens with two attached hydrogens (primary N) is 1. The zero-order chi connectivity index (χ0) is 19.2. The number of nitrogen functional groups attached to an aromatic ring is 1. The predicted molar refractivity (Wildman–Crippen MR) is 105 cm³/mol. The number of hydrogen-bond acceptors (Lipinski definition) is 4. The Morgan fingerprint density at radius 1 is 1.19 bits per heavy atom. The van der Waals surface area contributed by atoms with Crippen molar-refractivity contribution in [3.63, 3.8) is 0 Å². The molecule has 0 aliphatic carbocycles. The number of piperidine rings is 1. The lowest BCUT2D eigenvalue weighted by atomic mass is 9.98. The number of nitrogens with one attached hydrogen (secondary N) is 1. The number of urea groups is 1. The second-order valence-corrected chi connectivity index (χ2v) is 6.47. The molecule has 0 bridgehead atoms. The van der Waals surface area contributed by atoms with Crippen LogP contribution in [0.2, 0.25) is 0 Å². The topological polar surface area (TPSA) is 108 Å². The summed E-state index contributed by atoms with van der Waals surface area (Å²) in [5.41, 5.74) is 6.72. The number of rotatable bonds is 3. The molecule has 27 heavy (non-hydrogen) atoms. The molecule has 4 N–H and O–H groups in total. The van der Waals surface area contributed by atoms with Crippen molar-refractivity contribution in [1.82, 2.24) is 4.90 Å². The summed E-state index contributed by atoms with van der Waals surface area (Å²) in [5.74, 6) is -0.486. The molecule has 0 radical (unpaired) electrons. The third-order valence-corrected chi connectivity index (χ3v) is 4.47. The second-order valence-electron chi connectivity index (χ2n) is 6.47. The van der Waals surface area contributed by atoms with E-state index in [1.807, 2.05) is 18.2 Å². The number of aliphatic imine (C=N–C) groups is 1. The predicted octanol–water partition coefficient (Wildman–Crippen LogP) is 3.13. The molecule has 2 aromatic carbocycles. The highest BCUT2D eigenvalue weighted by atomic mass is 16.3. The summed E-state index contributed by atoms with van der Waals surface area (Å²) >= 11 is 0. The molecule has 1 aliphatic heterocycles. The molecule has 1 atom stereocenters. The lowest BCUT2D eigenvalue weighted by Crippen LogP contribution is -2.40. The number of aromatic hydroxyl groups is 1. The molecule has 0 saturated carbocycles. The highest BCUT2D eigenvalue weighted by molar-refractivity contribution is 5.99. The number of anilines is 2. The summed E-state index contributed by atoms with van der Waals surface area (Å²) in [7, 11) is 0. The fourth-order valence-electron chi connectivity index (χ4n) is 3.07. The van der Waals surface area contributed by atoms with Crippen molar-refractivity contribution in [2.24, 2.45) is 10.9 Å². The van der Waals surface area contributed by atoms with Gasteiger partial charge in [-0.3, -0.25) is 4.79 Å². The molecule has 7 heteroatoms. The molecular formula is C20H22N4O3. The SMILES string of the molecule is Nc1cccc(C(=O)N2CCCC(C=NC(=O)Nc3ccccc3)C2)c1O. The summed E-state index contributed by atoms with van der Waals surface area (Å²) in [6, 6.07) is 13.4. The van der Waals surface area contributed by atoms with E-state index in [-0.39, 0.29) is 28.8 Å². The van der Waals surface area contributed by atoms with Crippen molar-refractivity contribution >= 4 is 29.5 Å². The summed E-state index contributed by atoms with van der Waals surface area (Å²) in [4.78, 5) is 30.2. The molecule has 1 unspecified atom stereocenters. The van der Waals surface area contributed by atoms with Crippen LogP contribution >= 0.6 is 0 Å². The van der Waals surface area contributed by atoms with Crippen LogP contribution in [-0.4, -0.2) is 41.2 Å². The molecule has 140 valence electrons. The number of amides is 3. The van der Waals surface area contributed by atoms with Crippen LogP contribution < -0.4 is 11.1 Å². The average Bonchev–Trinajstić information content (AvgIpc) is 2.69. The van der Waals surface area contributed by atoms with Gasteiger partial charge in [0.25, 0.3) is 5.91 Å². The maximum Gasteiger partial charge on any atom is 0.345 e. The van der Waals surface area contributed by atoms with Crippen LogP contribution in [0.5, 0.6) is 5.75 Å². The van der Waals surface area contributed by atoms with Crippen LogP contribution in [0, 0.1) is 5.92 Å². The Morgan fingerprint density at radius 3 is 2.74 bits per heavy atom. The van der Waals surface area contributed by atoms with Gasteiger partial charge < -0.3 is 21.1 Å². The number of phenolic OH excluding ortho intramolecular Hbond substituents is 1. The number of carbonyl (C=O) groups is 2. The van der Waals surface area contributed by atoms with Crippen LogP contribution in [0.25, 0.3) is 0 Å². The van der Waals surface area contributed by atoms with E-state index in [2.05, 4.69) is 10.3 Å². The molecule has 0 aromatic heterocycles. The number of benzene rings is 2. The Morgan fingerprint density at radius 2 is 1.96 bits per heavy atom. The van der Waals surface area contributed by atoms with Gasteiger partial charge >= 0.3 is 6.03 Å². The Kier molecular flexibility index (Phi) is 5.71. The molecule has 1 fully saturated rings. The minimum atomic E-state index is -0.446. The molecule has 7 nitrogen and oxygen atoms in total. The Balaban J connectivity index is 1.61. The van der Waals surface area contributed by atoms with Gasteiger partial charge in [0.15, 0.2) is 5.75 Å². The fraction of sp³-hybridized carbons (Fsp3) is 0.250. The number of nitrogens with zero attached hydrogens (tertiary/aromatic N) is 2. The zero-order valence-electron chi connectivity index (χ0n) is 14.8. The Bertz CT molecular complexity index is 852. The van der Waals surface area contributed by atoms with Crippen molar-refractivity contribution in [1.29, 1.82) is 0 Å². The lowest BCUT2D eigenvalue weighted by Gasteiger charge is -2.31. The first-order valence-corrected chi connectivity index (χ1v) is 8.81. The van der Waals surface area contributed by atoms with Gasteiger partial charge in [-0.05, 0) is 37.1 Å². The minimum absolute atomic E-state index is 0.0209. The van der Waals surface area contributed by atoms with E-state index in [1.165, 1.54) is 0 Å². The van der Waals surface area contributed by atoms with Crippen molar-refractivity contribution in [2.75, 3.05) is 24.1 Å². The third-order valence-electron chi connectivity index (χ3n) is 4.47. The highest BCUT2D eigenvalue weighted by Crippen LogP contribution is 2.27. The maximum atomic E-state index is 12.7. The molecule has 1 heterocycles. The summed E-state index contributed by atoms with van der Waals surface area (Å²) < 4.78 is 0. The van der Waals surface area contributed by atoms with Gasteiger partial charge in [0.1, 0.15) is 0 Å². The first-order valence-electron chi connectivity index (χ1n) is 8.81. The van der Waals surface area contributed by atoms with Crippen molar-refractivity contribution in [3.05, 3.63) is 54.1 Å². The van der Waals surface area contributed by atoms with Crippen LogP contribution in [-0.2, 0) is 0 Å². The first kappa shape index (κ1) is 18.4. The van der Waals surface area contributed by atoms with E-state index >= 15 is 0 Å². The van der Waals surface area contributed by atoms with Gasteiger partial charge in [0.2, 0.25) is 0 Å². The maximum absolute atomic E-state index is 12.7. The van der Waals surface area contributed by atoms with Crippen molar-refractivity contribution in [2.45, 2.75) is 12.8 Å². The van der Waals surface area contributed by atoms with Gasteiger partial charge in [-0.1, -0.05) is 24.3 Å². The van der Waals surface area contributed by atoms with Crippen molar-refractivity contribution < 1.29 is 14.7 Å². The van der Waals surface area contributed by atoms with Crippen LogP contribution in [0.15, 0.2) is 53.5 Å². The quantitative estimate of drug-likeness (QED) is 0.440. The number of phenols is 1. The van der Waals surface area contributed by atoms with E-state index < -0.39 is 6.03 Å². The number of carbonyl (C=O) groups excluding carboxylic acids is 2. The number of likely N-dealkylation sites (tertiary alicyclic amines) is 1. The summed E-state index contributed by atoms with van der Waals surface area (Å²) in [6.07, 6.45) is 3.23. The van der Waals surface area contributed by atoms with Crippen LogP contribution in [0.3, 0.4) is 0 Å². The van der Waals surface area contributed by atoms with Gasteiger partial charge in [-0.25, -0.2) is 9.79 Å². The van der Waals surface area contributed by atoms with Gasteiger partial charge in [-0.15, -0.1) is 0 Å². The molecule has 3 amide bonds. The van der Waals surface area contributed by atoms with Gasteiger partial charge in [0.05, 0.1) is 11.3 Å². The lowest BCUT2D eigenvalue weighted by molar-refractivity contribution is 0.0702. The summed E-state index contributed by atoms with van der Waals surface area (Å²) in [6.45, 7) is 1.03. The number of para-hydroxylation sites is 2. The molecule has 0 spiro atoms. The molecular weight excluding hydrogens is 344 g/mol. The van der Waals surface area contributed by atoms with E-state index in [9.17, 15) is 14.7 Å². The number of hydrogen-bond donors (Lipinski definition) is 3. The Labute approximate surface area is 157 Å². The minimum Gasteiger partial charge on any atom is -0.505 e. The van der Waals surface area contributed by atoms with Gasteiger partial charge in [0, 0.05) is 30.9 Å². The van der Waals surface area contributed by atoms with Crippen LogP contribution in [0.1, 0.15) is 23.2 Å². The largest absolute Gasteiger partial charge is 0.505 e. The van der Waals surface area contributed by atoms with E-state index in [4.69, 9.17) is 5.73 Å². The summed E-state index contributed by atoms with van der Waals surface area (Å²) in [5, 5.41) is 12.7. The zero-order valence-corrected chi connectivity index (χ0v) is 14.8.